The Labute approximate surface area is 159 Å². The van der Waals surface area contributed by atoms with Crippen LogP contribution in [0.1, 0.15) is 25.8 Å². The van der Waals surface area contributed by atoms with Crippen LogP contribution in [0.15, 0.2) is 54.6 Å². The predicted molar refractivity (Wildman–Crippen MR) is 105 cm³/mol. The molecule has 0 aliphatic carbocycles. The molecular weight excluding hydrogens is 338 g/mol. The summed E-state index contributed by atoms with van der Waals surface area (Å²) >= 11 is 0. The monoisotopic (exact) mass is 363 g/mol. The molecule has 0 unspecified atom stereocenters. The Morgan fingerprint density at radius 3 is 2.48 bits per heavy atom. The Balaban J connectivity index is 1.49. The van der Waals surface area contributed by atoms with Gasteiger partial charge >= 0.3 is 0 Å². The van der Waals surface area contributed by atoms with Crippen LogP contribution in [0.3, 0.4) is 0 Å². The van der Waals surface area contributed by atoms with E-state index in [1.54, 1.807) is 0 Å². The Kier molecular flexibility index (Phi) is 4.66. The molecule has 140 valence electrons. The highest BCUT2D eigenvalue weighted by Crippen LogP contribution is 2.29. The highest BCUT2D eigenvalue weighted by molar-refractivity contribution is 5.63. The molecule has 4 rings (SSSR count). The van der Waals surface area contributed by atoms with E-state index in [-0.39, 0.29) is 5.92 Å². The second-order valence-electron chi connectivity index (χ2n) is 7.65. The van der Waals surface area contributed by atoms with Crippen LogP contribution in [-0.4, -0.2) is 44.0 Å². The lowest BCUT2D eigenvalue weighted by molar-refractivity contribution is -0.00975. The molecule has 2 heterocycles. The molecule has 0 amide bonds. The first kappa shape index (κ1) is 17.7. The van der Waals surface area contributed by atoms with Gasteiger partial charge in [-0.15, -0.1) is 0 Å². The van der Waals surface area contributed by atoms with Gasteiger partial charge in [-0.2, -0.15) is 0 Å². The minimum Gasteiger partial charge on any atom is -0.390 e. The second-order valence-corrected chi connectivity index (χ2v) is 7.65. The van der Waals surface area contributed by atoms with Crippen molar-refractivity contribution in [3.8, 4) is 11.1 Å². The molecule has 1 aliphatic rings. The van der Waals surface area contributed by atoms with Crippen molar-refractivity contribution in [3.63, 3.8) is 0 Å². The lowest BCUT2D eigenvalue weighted by Gasteiger charge is -2.41. The van der Waals surface area contributed by atoms with Gasteiger partial charge < -0.3 is 10.0 Å². The zero-order chi connectivity index (χ0) is 18.9. The first-order valence-electron chi connectivity index (χ1n) is 9.41. The average molecular weight is 363 g/mol. The number of hydrogen-bond acceptors (Lipinski definition) is 5. The predicted octanol–water partition coefficient (Wildman–Crippen LogP) is 2.99. The molecule has 2 aromatic carbocycles. The highest BCUT2D eigenvalue weighted by atomic mass is 16.3. The molecule has 1 aliphatic heterocycles. The lowest BCUT2D eigenvalue weighted by Crippen LogP contribution is -2.49. The highest BCUT2D eigenvalue weighted by Gasteiger charge is 2.36. The molecule has 0 bridgehead atoms. The number of piperidine rings is 1. The Hall–Kier alpha value is -2.73. The molecule has 2 atom stereocenters. The van der Waals surface area contributed by atoms with Crippen LogP contribution in [0, 0.1) is 5.92 Å². The fraction of sp³-hybridized carbons (Fsp3) is 0.381. The van der Waals surface area contributed by atoms with Gasteiger partial charge in [0.05, 0.1) is 12.1 Å². The number of aliphatic hydroxyl groups is 1. The molecule has 1 fully saturated rings. The summed E-state index contributed by atoms with van der Waals surface area (Å²) in [7, 11) is 0. The van der Waals surface area contributed by atoms with E-state index in [0.717, 1.165) is 24.6 Å². The van der Waals surface area contributed by atoms with Crippen molar-refractivity contribution in [1.82, 2.24) is 20.2 Å². The number of benzene rings is 2. The van der Waals surface area contributed by atoms with Crippen LogP contribution < -0.4 is 4.90 Å². The molecule has 6 nitrogen and oxygen atoms in total. The Morgan fingerprint density at radius 2 is 1.78 bits per heavy atom. The number of anilines is 1. The van der Waals surface area contributed by atoms with E-state index in [4.69, 9.17) is 0 Å². The topological polar surface area (TPSA) is 67.1 Å². The first-order chi connectivity index (χ1) is 13.0. The molecule has 0 spiro atoms. The summed E-state index contributed by atoms with van der Waals surface area (Å²) in [6, 6.07) is 18.9. The van der Waals surface area contributed by atoms with E-state index < -0.39 is 5.60 Å². The minimum atomic E-state index is -0.623. The van der Waals surface area contributed by atoms with E-state index in [2.05, 4.69) is 63.7 Å². The fourth-order valence-electron chi connectivity index (χ4n) is 3.54. The normalized spacial score (nSPS) is 22.8. The SMILES string of the molecule is C[C@@H]1CN(c2nnnn2Cc2ccc(-c3ccccc3)cc2)CC[C@]1(C)O. The van der Waals surface area contributed by atoms with Gasteiger partial charge in [0.25, 0.3) is 0 Å². The Morgan fingerprint density at radius 1 is 1.07 bits per heavy atom. The molecule has 1 aromatic heterocycles. The van der Waals surface area contributed by atoms with Crippen molar-refractivity contribution >= 4 is 5.95 Å². The van der Waals surface area contributed by atoms with Crippen molar-refractivity contribution in [2.75, 3.05) is 18.0 Å². The van der Waals surface area contributed by atoms with Gasteiger partial charge in [-0.1, -0.05) is 66.6 Å². The molecule has 27 heavy (non-hydrogen) atoms. The number of hydrogen-bond donors (Lipinski definition) is 1. The van der Waals surface area contributed by atoms with Crippen molar-refractivity contribution in [2.24, 2.45) is 5.92 Å². The molecular formula is C21H25N5O. The third-order valence-electron chi connectivity index (χ3n) is 5.63. The van der Waals surface area contributed by atoms with Crippen molar-refractivity contribution < 1.29 is 5.11 Å². The summed E-state index contributed by atoms with van der Waals surface area (Å²) in [4.78, 5) is 2.17. The summed E-state index contributed by atoms with van der Waals surface area (Å²) in [5.74, 6) is 0.936. The van der Waals surface area contributed by atoms with Crippen molar-refractivity contribution in [3.05, 3.63) is 60.2 Å². The minimum absolute atomic E-state index is 0.168. The van der Waals surface area contributed by atoms with Gasteiger partial charge in [0.1, 0.15) is 0 Å². The van der Waals surface area contributed by atoms with Crippen LogP contribution in [0.25, 0.3) is 11.1 Å². The third-order valence-corrected chi connectivity index (χ3v) is 5.63. The summed E-state index contributed by atoms with van der Waals surface area (Å²) < 4.78 is 1.84. The number of aromatic nitrogens is 4. The van der Waals surface area contributed by atoms with Gasteiger partial charge in [-0.05, 0) is 40.5 Å². The number of nitrogens with zero attached hydrogens (tertiary/aromatic N) is 5. The number of rotatable bonds is 4. The van der Waals surface area contributed by atoms with Crippen LogP contribution >= 0.6 is 0 Å². The largest absolute Gasteiger partial charge is 0.390 e. The van der Waals surface area contributed by atoms with E-state index in [9.17, 15) is 5.11 Å². The van der Waals surface area contributed by atoms with E-state index >= 15 is 0 Å². The van der Waals surface area contributed by atoms with Gasteiger partial charge in [0.2, 0.25) is 5.95 Å². The van der Waals surface area contributed by atoms with Gasteiger partial charge in [-0.3, -0.25) is 0 Å². The second kappa shape index (κ2) is 7.12. The maximum atomic E-state index is 10.4. The van der Waals surface area contributed by atoms with Crippen molar-refractivity contribution in [2.45, 2.75) is 32.4 Å². The van der Waals surface area contributed by atoms with E-state index in [1.165, 1.54) is 11.1 Å². The maximum absolute atomic E-state index is 10.4. The fourth-order valence-corrected chi connectivity index (χ4v) is 3.54. The smallest absolute Gasteiger partial charge is 0.245 e. The molecule has 1 N–H and O–H groups in total. The molecule has 0 radical (unpaired) electrons. The van der Waals surface area contributed by atoms with E-state index in [0.29, 0.717) is 13.0 Å². The van der Waals surface area contributed by atoms with Crippen LogP contribution in [-0.2, 0) is 6.54 Å². The zero-order valence-corrected chi connectivity index (χ0v) is 15.8. The zero-order valence-electron chi connectivity index (χ0n) is 15.8. The molecule has 1 saturated heterocycles. The lowest BCUT2D eigenvalue weighted by atomic mass is 9.84. The third kappa shape index (κ3) is 3.71. The summed E-state index contributed by atoms with van der Waals surface area (Å²) in [6.07, 6.45) is 0.715. The quantitative estimate of drug-likeness (QED) is 0.772. The Bertz CT molecular complexity index is 888. The molecule has 0 saturated carbocycles. The van der Waals surface area contributed by atoms with E-state index in [1.807, 2.05) is 29.8 Å². The van der Waals surface area contributed by atoms with Crippen LogP contribution in [0.2, 0.25) is 0 Å². The van der Waals surface area contributed by atoms with Crippen molar-refractivity contribution in [1.29, 1.82) is 0 Å². The average Bonchev–Trinajstić information content (AvgIpc) is 3.13. The van der Waals surface area contributed by atoms with Crippen LogP contribution in [0.5, 0.6) is 0 Å². The summed E-state index contributed by atoms with van der Waals surface area (Å²) in [6.45, 7) is 6.11. The molecule has 3 aromatic rings. The van der Waals surface area contributed by atoms with Crippen LogP contribution in [0.4, 0.5) is 5.95 Å². The standard InChI is InChI=1S/C21H25N5O/c1-16-14-25(13-12-21(16,2)27)20-22-23-24-26(20)15-17-8-10-19(11-9-17)18-6-4-3-5-7-18/h3-11,16,27H,12-15H2,1-2H3/t16-,21+/m1/s1. The number of tetrazole rings is 1. The van der Waals surface area contributed by atoms with Gasteiger partial charge in [0, 0.05) is 19.0 Å². The summed E-state index contributed by atoms with van der Waals surface area (Å²) in [5, 5.41) is 22.7. The maximum Gasteiger partial charge on any atom is 0.245 e. The van der Waals surface area contributed by atoms with Gasteiger partial charge in [-0.25, -0.2) is 4.68 Å². The molecule has 6 heteroatoms. The first-order valence-corrected chi connectivity index (χ1v) is 9.41. The summed E-state index contributed by atoms with van der Waals surface area (Å²) in [5.41, 5.74) is 2.94. The van der Waals surface area contributed by atoms with Gasteiger partial charge in [0.15, 0.2) is 0 Å².